The molecule has 0 radical (unpaired) electrons. The lowest BCUT2D eigenvalue weighted by molar-refractivity contribution is -0.163. The van der Waals surface area contributed by atoms with Crippen LogP contribution in [0.1, 0.15) is 77.6 Å². The molecule has 0 aromatic rings. The van der Waals surface area contributed by atoms with Gasteiger partial charge >= 0.3 is 11.9 Å². The van der Waals surface area contributed by atoms with Gasteiger partial charge in [-0.15, -0.1) is 0 Å². The molecule has 0 bridgehead atoms. The molecule has 0 fully saturated rings. The molecule has 0 amide bonds. The molecule has 10 nitrogen and oxygen atoms in total. The van der Waals surface area contributed by atoms with Crippen LogP contribution in [0.3, 0.4) is 0 Å². The highest BCUT2D eigenvalue weighted by Crippen LogP contribution is 2.12. The Morgan fingerprint density at radius 3 is 2.13 bits per heavy atom. The van der Waals surface area contributed by atoms with Crippen LogP contribution in [0, 0.1) is 0 Å². The Kier molecular flexibility index (Phi) is 17.9. The molecule has 0 aliphatic carbocycles. The molecule has 0 aliphatic rings. The van der Waals surface area contributed by atoms with E-state index in [2.05, 4.69) is 11.9 Å². The Hall–Kier alpha value is -1.75. The second-order valence-electron chi connectivity index (χ2n) is 7.70. The number of carbonyl (C=O) groups excluding carboxylic acids is 2. The van der Waals surface area contributed by atoms with Gasteiger partial charge in [-0.1, -0.05) is 58.3 Å². The predicted octanol–water partition coefficient (Wildman–Crippen LogP) is 0.706. The van der Waals surface area contributed by atoms with E-state index in [9.17, 15) is 14.7 Å². The number of rotatable bonds is 19. The highest BCUT2D eigenvalue weighted by molar-refractivity contribution is 5.88. The zero-order valence-electron chi connectivity index (χ0n) is 18.8. The minimum Gasteiger partial charge on any atom is -0.394 e. The molecular weight excluding hydrogens is 404 g/mol. The highest BCUT2D eigenvalue weighted by atomic mass is 16.6. The summed E-state index contributed by atoms with van der Waals surface area (Å²) in [5.74, 6) is -1.66. The van der Waals surface area contributed by atoms with Gasteiger partial charge in [0, 0.05) is 13.0 Å². The molecule has 2 unspecified atom stereocenters. The van der Waals surface area contributed by atoms with Crippen LogP contribution >= 0.6 is 0 Å². The lowest BCUT2D eigenvalue weighted by atomic mass is 10.1. The van der Waals surface area contributed by atoms with Gasteiger partial charge in [0.25, 0.3) is 0 Å². The van der Waals surface area contributed by atoms with Crippen molar-refractivity contribution >= 4 is 17.9 Å². The second kappa shape index (κ2) is 19.0. The van der Waals surface area contributed by atoms with Gasteiger partial charge in [-0.05, 0) is 12.8 Å². The number of nitrogens with zero attached hydrogens (tertiary/aromatic N) is 1. The molecule has 0 saturated carbocycles. The molecule has 0 aromatic carbocycles. The Bertz CT molecular complexity index is 514. The minimum absolute atomic E-state index is 0.124. The first-order chi connectivity index (χ1) is 14.8. The fraction of sp³-hybridized carbons (Fsp3) is 0.857. The van der Waals surface area contributed by atoms with E-state index in [4.69, 9.17) is 31.8 Å². The Morgan fingerprint density at radius 1 is 1.00 bits per heavy atom. The van der Waals surface area contributed by atoms with E-state index in [0.717, 1.165) is 19.3 Å². The van der Waals surface area contributed by atoms with Gasteiger partial charge in [0.2, 0.25) is 0 Å². The van der Waals surface area contributed by atoms with Gasteiger partial charge in [0.15, 0.2) is 5.96 Å². The van der Waals surface area contributed by atoms with Crippen LogP contribution in [0.4, 0.5) is 0 Å². The average Bonchev–Trinajstić information content (AvgIpc) is 2.73. The third kappa shape index (κ3) is 16.6. The standard InChI is InChI=1S/C21H42N4O6/c1-2-3-4-5-6-7-8-9-10-11-18(28)31-20(29)19(22)17(12-13-25-21(23)24)30-15-16(27)14-26/h16-17,19,26-27H,2-15,22H2,1H3,(H4,23,24,25)/t16?,17?,19-/m0/s1. The maximum absolute atomic E-state index is 12.2. The Morgan fingerprint density at radius 2 is 1.58 bits per heavy atom. The summed E-state index contributed by atoms with van der Waals surface area (Å²) < 4.78 is 10.2. The topological polar surface area (TPSA) is 183 Å². The van der Waals surface area contributed by atoms with Crippen molar-refractivity contribution in [3.05, 3.63) is 0 Å². The first kappa shape index (κ1) is 29.2. The molecule has 0 rings (SSSR count). The van der Waals surface area contributed by atoms with Crippen LogP contribution in [-0.2, 0) is 19.1 Å². The maximum atomic E-state index is 12.2. The van der Waals surface area contributed by atoms with E-state index >= 15 is 0 Å². The van der Waals surface area contributed by atoms with E-state index < -0.39 is 36.8 Å². The van der Waals surface area contributed by atoms with Crippen molar-refractivity contribution in [2.45, 2.75) is 95.8 Å². The normalized spacial score (nSPS) is 13.9. The second-order valence-corrected chi connectivity index (χ2v) is 7.70. The summed E-state index contributed by atoms with van der Waals surface area (Å²) in [6.07, 6.45) is 8.33. The average molecular weight is 447 g/mol. The minimum atomic E-state index is -1.26. The highest BCUT2D eigenvalue weighted by Gasteiger charge is 2.29. The monoisotopic (exact) mass is 446 g/mol. The predicted molar refractivity (Wildman–Crippen MR) is 119 cm³/mol. The molecule has 0 heterocycles. The third-order valence-corrected chi connectivity index (χ3v) is 4.79. The van der Waals surface area contributed by atoms with E-state index in [1.807, 2.05) is 0 Å². The molecule has 182 valence electrons. The summed E-state index contributed by atoms with van der Waals surface area (Å²) in [7, 11) is 0. The van der Waals surface area contributed by atoms with Crippen molar-refractivity contribution in [2.75, 3.05) is 19.8 Å². The van der Waals surface area contributed by atoms with Crippen LogP contribution in [0.15, 0.2) is 4.99 Å². The first-order valence-electron chi connectivity index (χ1n) is 11.3. The summed E-state index contributed by atoms with van der Waals surface area (Å²) in [5, 5.41) is 18.3. The fourth-order valence-electron chi connectivity index (χ4n) is 2.94. The van der Waals surface area contributed by atoms with Crippen molar-refractivity contribution in [1.29, 1.82) is 0 Å². The van der Waals surface area contributed by atoms with E-state index in [1.165, 1.54) is 32.1 Å². The van der Waals surface area contributed by atoms with Gasteiger partial charge in [0.05, 0.1) is 19.3 Å². The van der Waals surface area contributed by atoms with Gasteiger partial charge in [-0.2, -0.15) is 0 Å². The quantitative estimate of drug-likeness (QED) is 0.0626. The summed E-state index contributed by atoms with van der Waals surface area (Å²) in [6.45, 7) is 1.59. The van der Waals surface area contributed by atoms with Gasteiger partial charge < -0.3 is 36.9 Å². The molecule has 0 aliphatic heterocycles. The van der Waals surface area contributed by atoms with Crippen molar-refractivity contribution in [3.8, 4) is 0 Å². The number of hydrogen-bond donors (Lipinski definition) is 5. The van der Waals surface area contributed by atoms with Crippen molar-refractivity contribution in [3.63, 3.8) is 0 Å². The molecule has 31 heavy (non-hydrogen) atoms. The zero-order valence-corrected chi connectivity index (χ0v) is 18.8. The summed E-state index contributed by atoms with van der Waals surface area (Å²) >= 11 is 0. The van der Waals surface area contributed by atoms with Crippen molar-refractivity contribution < 1.29 is 29.3 Å². The molecule has 0 saturated heterocycles. The molecular formula is C21H42N4O6. The number of nitrogens with two attached hydrogens (primary N) is 3. The van der Waals surface area contributed by atoms with E-state index in [-0.39, 0.29) is 32.0 Å². The number of aliphatic imine (C=N–C) groups is 1. The fourth-order valence-corrected chi connectivity index (χ4v) is 2.94. The number of aliphatic hydroxyl groups is 2. The van der Waals surface area contributed by atoms with Crippen LogP contribution in [-0.4, -0.2) is 66.1 Å². The smallest absolute Gasteiger partial charge is 0.333 e. The van der Waals surface area contributed by atoms with Gasteiger partial charge in [0.1, 0.15) is 12.1 Å². The number of esters is 2. The van der Waals surface area contributed by atoms with Gasteiger partial charge in [-0.25, -0.2) is 4.79 Å². The maximum Gasteiger partial charge on any atom is 0.333 e. The van der Waals surface area contributed by atoms with Gasteiger partial charge in [-0.3, -0.25) is 9.79 Å². The largest absolute Gasteiger partial charge is 0.394 e. The Labute approximate surface area is 185 Å². The molecule has 0 spiro atoms. The zero-order chi connectivity index (χ0) is 23.5. The molecule has 0 aromatic heterocycles. The number of carbonyl (C=O) groups is 2. The third-order valence-electron chi connectivity index (χ3n) is 4.79. The molecule has 10 heteroatoms. The van der Waals surface area contributed by atoms with E-state index in [0.29, 0.717) is 6.42 Å². The van der Waals surface area contributed by atoms with Crippen molar-refractivity contribution in [2.24, 2.45) is 22.2 Å². The first-order valence-corrected chi connectivity index (χ1v) is 11.3. The lowest BCUT2D eigenvalue weighted by Crippen LogP contribution is -2.46. The van der Waals surface area contributed by atoms with Crippen LogP contribution < -0.4 is 17.2 Å². The van der Waals surface area contributed by atoms with Crippen LogP contribution in [0.2, 0.25) is 0 Å². The van der Waals surface area contributed by atoms with Crippen LogP contribution in [0.5, 0.6) is 0 Å². The summed E-state index contributed by atoms with van der Waals surface area (Å²) in [6, 6.07) is -1.26. The number of unbranched alkanes of at least 4 members (excludes halogenated alkanes) is 8. The van der Waals surface area contributed by atoms with Crippen LogP contribution in [0.25, 0.3) is 0 Å². The number of hydrogen-bond acceptors (Lipinski definition) is 8. The van der Waals surface area contributed by atoms with E-state index in [1.54, 1.807) is 0 Å². The summed E-state index contributed by atoms with van der Waals surface area (Å²) in [5.41, 5.74) is 16.4. The lowest BCUT2D eigenvalue weighted by Gasteiger charge is -2.23. The number of guanidine groups is 1. The number of aliphatic hydroxyl groups excluding tert-OH is 2. The molecule has 3 atom stereocenters. The van der Waals surface area contributed by atoms with Crippen molar-refractivity contribution in [1.82, 2.24) is 0 Å². The number of ether oxygens (including phenoxy) is 2. The molecule has 8 N–H and O–H groups in total. The Balaban J connectivity index is 4.28. The SMILES string of the molecule is CCCCCCCCCCCC(=O)OC(=O)[C@@H](N)C(CCN=C(N)N)OCC(O)CO. The summed E-state index contributed by atoms with van der Waals surface area (Å²) in [4.78, 5) is 28.0.